The first-order valence-corrected chi connectivity index (χ1v) is 12.3. The minimum atomic E-state index is -1.06. The average Bonchev–Trinajstić information content (AvgIpc) is 2.82. The number of nitrogens with one attached hydrogen (secondary N) is 2. The molecule has 9 heteroatoms. The monoisotopic (exact) mass is 470 g/mol. The van der Waals surface area contributed by atoms with Crippen LogP contribution in [-0.4, -0.2) is 77.4 Å². The molecule has 3 aliphatic rings. The number of carbonyl (C=O) groups is 4. The number of carbonyl (C=O) groups excluding carboxylic acids is 3. The van der Waals surface area contributed by atoms with Crippen LogP contribution in [0.1, 0.15) is 56.4 Å². The van der Waals surface area contributed by atoms with E-state index in [1.165, 1.54) is 5.56 Å². The Kier molecular flexibility index (Phi) is 7.82. The maximum Gasteiger partial charge on any atom is 0.312 e. The number of piperidine rings is 3. The van der Waals surface area contributed by atoms with Gasteiger partial charge in [-0.3, -0.25) is 24.5 Å². The summed E-state index contributed by atoms with van der Waals surface area (Å²) >= 11 is 0. The Morgan fingerprint density at radius 1 is 0.971 bits per heavy atom. The number of hydrogen-bond donors (Lipinski definition) is 3. The van der Waals surface area contributed by atoms with Gasteiger partial charge in [0.1, 0.15) is 12.5 Å². The second-order valence-electron chi connectivity index (χ2n) is 9.74. The summed E-state index contributed by atoms with van der Waals surface area (Å²) < 4.78 is 0. The third kappa shape index (κ3) is 6.34. The van der Waals surface area contributed by atoms with Crippen molar-refractivity contribution >= 4 is 29.4 Å². The molecule has 1 atom stereocenters. The zero-order chi connectivity index (χ0) is 24.1. The molecule has 3 aliphatic heterocycles. The molecule has 0 spiro atoms. The molecular weight excluding hydrogens is 436 g/mol. The zero-order valence-electron chi connectivity index (χ0n) is 19.5. The molecule has 184 valence electrons. The zero-order valence-corrected chi connectivity index (χ0v) is 19.5. The van der Waals surface area contributed by atoms with Crippen LogP contribution < -0.4 is 10.6 Å². The van der Waals surface area contributed by atoms with Crippen molar-refractivity contribution in [3.05, 3.63) is 29.8 Å². The number of hydrogen-bond acceptors (Lipinski definition) is 6. The predicted molar refractivity (Wildman–Crippen MR) is 126 cm³/mol. The van der Waals surface area contributed by atoms with E-state index >= 15 is 0 Å². The van der Waals surface area contributed by atoms with E-state index in [0.29, 0.717) is 37.8 Å². The summed E-state index contributed by atoms with van der Waals surface area (Å²) in [6, 6.07) is 7.95. The van der Waals surface area contributed by atoms with Crippen LogP contribution in [-0.2, 0) is 19.2 Å². The van der Waals surface area contributed by atoms with Gasteiger partial charge in [-0.1, -0.05) is 12.1 Å². The molecular formula is C25H34N4O5. The maximum atomic E-state index is 11.9. The maximum absolute atomic E-state index is 11.9. The molecule has 0 bridgehead atoms. The van der Waals surface area contributed by atoms with Crippen LogP contribution in [0.15, 0.2) is 24.3 Å². The molecule has 3 N–H and O–H groups in total. The van der Waals surface area contributed by atoms with Gasteiger partial charge in [0, 0.05) is 31.7 Å². The lowest BCUT2D eigenvalue weighted by atomic mass is 9.88. The number of likely N-dealkylation sites (tertiary alicyclic amines) is 2. The molecule has 3 amide bonds. The van der Waals surface area contributed by atoms with Crippen molar-refractivity contribution in [2.24, 2.45) is 5.92 Å². The number of carboxylic acid groups (broad SMARTS) is 1. The lowest BCUT2D eigenvalue weighted by molar-refractivity contribution is -0.145. The van der Waals surface area contributed by atoms with Gasteiger partial charge >= 0.3 is 5.97 Å². The normalized spacial score (nSPS) is 22.9. The minimum absolute atomic E-state index is 0.207. The van der Waals surface area contributed by atoms with E-state index in [1.54, 1.807) is 4.90 Å². The molecule has 3 fully saturated rings. The van der Waals surface area contributed by atoms with Gasteiger partial charge in [0.25, 0.3) is 0 Å². The number of benzene rings is 1. The van der Waals surface area contributed by atoms with E-state index in [9.17, 15) is 19.2 Å². The molecule has 0 aliphatic carbocycles. The van der Waals surface area contributed by atoms with E-state index < -0.39 is 12.4 Å². The largest absolute Gasteiger partial charge is 0.481 e. The Morgan fingerprint density at radius 2 is 1.65 bits per heavy atom. The SMILES string of the molecule is O=C(O)CC(=O)N1CCC(CN2CCC(c3ccc(NC4CCC(=O)NC4=O)cc3)CC2)CC1. The van der Waals surface area contributed by atoms with Gasteiger partial charge in [-0.25, -0.2) is 0 Å². The Hall–Kier alpha value is -2.94. The van der Waals surface area contributed by atoms with Crippen molar-refractivity contribution in [3.8, 4) is 0 Å². The summed E-state index contributed by atoms with van der Waals surface area (Å²) in [5, 5.41) is 14.4. The fraction of sp³-hybridized carbons (Fsp3) is 0.600. The minimum Gasteiger partial charge on any atom is -0.481 e. The molecule has 1 aromatic rings. The number of rotatable bonds is 7. The van der Waals surface area contributed by atoms with E-state index in [4.69, 9.17) is 5.11 Å². The first kappa shape index (κ1) is 24.2. The standard InChI is InChI=1S/C25H34N4O5/c30-22-6-5-21(25(34)27-22)26-20-3-1-18(2-4-20)19-9-11-28(12-10-19)16-17-7-13-29(14-8-17)23(31)15-24(32)33/h1-4,17,19,21,26H,5-16H2,(H,32,33)(H,27,30,34). The molecule has 0 saturated carbocycles. The van der Waals surface area contributed by atoms with Crippen molar-refractivity contribution < 1.29 is 24.3 Å². The number of imide groups is 1. The summed E-state index contributed by atoms with van der Waals surface area (Å²) in [6.07, 6.45) is 4.56. The van der Waals surface area contributed by atoms with Crippen LogP contribution in [0.2, 0.25) is 0 Å². The highest BCUT2D eigenvalue weighted by Crippen LogP contribution is 2.30. The summed E-state index contributed by atoms with van der Waals surface area (Å²) in [7, 11) is 0. The first-order valence-electron chi connectivity index (χ1n) is 12.3. The number of aliphatic carboxylic acids is 1. The van der Waals surface area contributed by atoms with E-state index in [2.05, 4.69) is 27.7 Å². The van der Waals surface area contributed by atoms with Crippen LogP contribution in [0.4, 0.5) is 5.69 Å². The third-order valence-electron chi connectivity index (χ3n) is 7.34. The number of anilines is 1. The van der Waals surface area contributed by atoms with Gasteiger partial charge in [-0.05, 0) is 74.7 Å². The topological polar surface area (TPSA) is 119 Å². The summed E-state index contributed by atoms with van der Waals surface area (Å²) in [5.74, 6) is -0.717. The molecule has 0 aromatic heterocycles. The molecule has 3 heterocycles. The van der Waals surface area contributed by atoms with Crippen LogP contribution in [0.5, 0.6) is 0 Å². The van der Waals surface area contributed by atoms with Crippen molar-refractivity contribution in [3.63, 3.8) is 0 Å². The van der Waals surface area contributed by atoms with Crippen molar-refractivity contribution in [1.29, 1.82) is 0 Å². The van der Waals surface area contributed by atoms with Crippen molar-refractivity contribution in [1.82, 2.24) is 15.1 Å². The van der Waals surface area contributed by atoms with Gasteiger partial charge in [-0.2, -0.15) is 0 Å². The second-order valence-corrected chi connectivity index (χ2v) is 9.74. The lowest BCUT2D eigenvalue weighted by Crippen LogP contribution is -2.47. The summed E-state index contributed by atoms with van der Waals surface area (Å²) in [5.41, 5.74) is 2.21. The average molecular weight is 471 g/mol. The van der Waals surface area contributed by atoms with Gasteiger partial charge in [0.2, 0.25) is 17.7 Å². The smallest absolute Gasteiger partial charge is 0.312 e. The quantitative estimate of drug-likeness (QED) is 0.411. The highest BCUT2D eigenvalue weighted by molar-refractivity contribution is 6.01. The predicted octanol–water partition coefficient (Wildman–Crippen LogP) is 1.80. The van der Waals surface area contributed by atoms with Crippen LogP contribution in [0.25, 0.3) is 0 Å². The van der Waals surface area contributed by atoms with E-state index in [-0.39, 0.29) is 23.8 Å². The van der Waals surface area contributed by atoms with Crippen LogP contribution in [0, 0.1) is 5.92 Å². The highest BCUT2D eigenvalue weighted by Gasteiger charge is 2.28. The molecule has 34 heavy (non-hydrogen) atoms. The molecule has 3 saturated heterocycles. The van der Waals surface area contributed by atoms with E-state index in [1.807, 2.05) is 12.1 Å². The van der Waals surface area contributed by atoms with Gasteiger partial charge in [0.15, 0.2) is 0 Å². The molecule has 1 unspecified atom stereocenters. The van der Waals surface area contributed by atoms with Gasteiger partial charge in [-0.15, -0.1) is 0 Å². The lowest BCUT2D eigenvalue weighted by Gasteiger charge is -2.37. The molecule has 1 aromatic carbocycles. The fourth-order valence-corrected chi connectivity index (χ4v) is 5.30. The highest BCUT2D eigenvalue weighted by atomic mass is 16.4. The second kappa shape index (κ2) is 11.0. The summed E-state index contributed by atoms with van der Waals surface area (Å²) in [6.45, 7) is 4.47. The van der Waals surface area contributed by atoms with Crippen LogP contribution >= 0.6 is 0 Å². The summed E-state index contributed by atoms with van der Waals surface area (Å²) in [4.78, 5) is 50.1. The molecule has 4 rings (SSSR count). The van der Waals surface area contributed by atoms with Crippen LogP contribution in [0.3, 0.4) is 0 Å². The number of carboxylic acids is 1. The molecule has 9 nitrogen and oxygen atoms in total. The number of amides is 3. The Labute approximate surface area is 199 Å². The van der Waals surface area contributed by atoms with Gasteiger partial charge < -0.3 is 20.2 Å². The first-order chi connectivity index (χ1) is 16.4. The van der Waals surface area contributed by atoms with Gasteiger partial charge in [0.05, 0.1) is 0 Å². The third-order valence-corrected chi connectivity index (χ3v) is 7.34. The molecule has 0 radical (unpaired) electrons. The number of nitrogens with zero attached hydrogens (tertiary/aromatic N) is 2. The Morgan fingerprint density at radius 3 is 2.26 bits per heavy atom. The van der Waals surface area contributed by atoms with E-state index in [0.717, 1.165) is 51.0 Å². The van der Waals surface area contributed by atoms with Crippen molar-refractivity contribution in [2.45, 2.75) is 56.9 Å². The Bertz CT molecular complexity index is 902. The Balaban J connectivity index is 1.18. The fourth-order valence-electron chi connectivity index (χ4n) is 5.30. The van der Waals surface area contributed by atoms with Crippen molar-refractivity contribution in [2.75, 3.05) is 38.0 Å².